The zero-order valence-electron chi connectivity index (χ0n) is 8.68. The number of nitrogens with zero attached hydrogens (tertiary/aromatic N) is 1. The van der Waals surface area contributed by atoms with Gasteiger partial charge in [-0.25, -0.2) is 13.8 Å². The van der Waals surface area contributed by atoms with Crippen LogP contribution in [0.15, 0.2) is 6.07 Å². The molecule has 0 aliphatic rings. The molecule has 0 saturated heterocycles. The Hall–Kier alpha value is -1.44. The molecule has 1 heterocycles. The molecule has 0 aliphatic heterocycles. The van der Waals surface area contributed by atoms with Crippen LogP contribution < -0.4 is 10.5 Å². The van der Waals surface area contributed by atoms with Crippen LogP contribution in [0.4, 0.5) is 22.0 Å². The van der Waals surface area contributed by atoms with E-state index in [9.17, 15) is 22.0 Å². The van der Waals surface area contributed by atoms with Crippen LogP contribution in [0.5, 0.6) is 5.75 Å². The molecule has 96 valence electrons. The maximum absolute atomic E-state index is 12.7. The Morgan fingerprint density at radius 1 is 1.41 bits per heavy atom. The second-order valence-electron chi connectivity index (χ2n) is 3.07. The Kier molecular flexibility index (Phi) is 3.87. The SMILES string of the molecule is COc1cc(C(F)F)nc(CN)c1C(F)(F)F. The molecule has 3 nitrogen and oxygen atoms in total. The zero-order chi connectivity index (χ0) is 13.2. The lowest BCUT2D eigenvalue weighted by Crippen LogP contribution is -2.16. The first-order valence-electron chi connectivity index (χ1n) is 4.44. The largest absolute Gasteiger partial charge is 0.496 e. The van der Waals surface area contributed by atoms with E-state index in [4.69, 9.17) is 5.73 Å². The molecule has 17 heavy (non-hydrogen) atoms. The summed E-state index contributed by atoms with van der Waals surface area (Å²) in [7, 11) is 0.958. The maximum Gasteiger partial charge on any atom is 0.421 e. The predicted octanol–water partition coefficient (Wildman–Crippen LogP) is 2.51. The highest BCUT2D eigenvalue weighted by Crippen LogP contribution is 2.39. The van der Waals surface area contributed by atoms with Gasteiger partial charge in [-0.3, -0.25) is 0 Å². The number of alkyl halides is 5. The minimum absolute atomic E-state index is 0.562. The van der Waals surface area contributed by atoms with Crippen LogP contribution in [0.3, 0.4) is 0 Å². The van der Waals surface area contributed by atoms with Crippen molar-refractivity contribution in [2.45, 2.75) is 19.1 Å². The third kappa shape index (κ3) is 2.82. The fourth-order valence-electron chi connectivity index (χ4n) is 1.32. The molecule has 0 spiro atoms. The molecular weight excluding hydrogens is 247 g/mol. The normalized spacial score (nSPS) is 12.0. The van der Waals surface area contributed by atoms with Gasteiger partial charge in [-0.1, -0.05) is 0 Å². The summed E-state index contributed by atoms with van der Waals surface area (Å²) in [5.74, 6) is -0.705. The smallest absolute Gasteiger partial charge is 0.421 e. The minimum Gasteiger partial charge on any atom is -0.496 e. The van der Waals surface area contributed by atoms with Crippen molar-refractivity contribution in [3.63, 3.8) is 0 Å². The maximum atomic E-state index is 12.7. The molecule has 1 rings (SSSR count). The molecule has 0 atom stereocenters. The van der Waals surface area contributed by atoms with Gasteiger partial charge >= 0.3 is 6.18 Å². The summed E-state index contributed by atoms with van der Waals surface area (Å²) in [5, 5.41) is 0. The lowest BCUT2D eigenvalue weighted by Gasteiger charge is -2.16. The lowest BCUT2D eigenvalue weighted by atomic mass is 10.1. The second kappa shape index (κ2) is 4.82. The monoisotopic (exact) mass is 256 g/mol. The van der Waals surface area contributed by atoms with E-state index in [1.165, 1.54) is 0 Å². The number of pyridine rings is 1. The van der Waals surface area contributed by atoms with Gasteiger partial charge in [0.1, 0.15) is 17.0 Å². The molecule has 1 aromatic rings. The number of ether oxygens (including phenoxy) is 1. The molecular formula is C9H9F5N2O. The first-order valence-corrected chi connectivity index (χ1v) is 4.44. The number of nitrogens with two attached hydrogens (primary N) is 1. The summed E-state index contributed by atoms with van der Waals surface area (Å²) in [6.45, 7) is -0.605. The Morgan fingerprint density at radius 3 is 2.35 bits per heavy atom. The number of rotatable bonds is 3. The quantitative estimate of drug-likeness (QED) is 0.845. The Morgan fingerprint density at radius 2 is 2.00 bits per heavy atom. The highest BCUT2D eigenvalue weighted by atomic mass is 19.4. The van der Waals surface area contributed by atoms with Gasteiger partial charge in [0.15, 0.2) is 0 Å². The molecule has 0 radical (unpaired) electrons. The zero-order valence-corrected chi connectivity index (χ0v) is 8.68. The van der Waals surface area contributed by atoms with E-state index in [0.29, 0.717) is 6.07 Å². The van der Waals surface area contributed by atoms with Crippen LogP contribution in [-0.4, -0.2) is 12.1 Å². The van der Waals surface area contributed by atoms with Gasteiger partial charge < -0.3 is 10.5 Å². The molecule has 2 N–H and O–H groups in total. The lowest BCUT2D eigenvalue weighted by molar-refractivity contribution is -0.139. The molecule has 0 saturated carbocycles. The summed E-state index contributed by atoms with van der Waals surface area (Å²) >= 11 is 0. The molecule has 0 amide bonds. The van der Waals surface area contributed by atoms with E-state index in [1.807, 2.05) is 0 Å². The van der Waals surface area contributed by atoms with Crippen molar-refractivity contribution in [3.8, 4) is 5.75 Å². The number of hydrogen-bond donors (Lipinski definition) is 1. The van der Waals surface area contributed by atoms with Crippen LogP contribution in [0.25, 0.3) is 0 Å². The number of hydrogen-bond acceptors (Lipinski definition) is 3. The Labute approximate surface area is 93.4 Å². The van der Waals surface area contributed by atoms with Gasteiger partial charge in [0, 0.05) is 12.6 Å². The summed E-state index contributed by atoms with van der Waals surface area (Å²) in [6, 6.07) is 0.562. The molecule has 0 unspecified atom stereocenters. The van der Waals surface area contributed by atoms with Crippen molar-refractivity contribution >= 4 is 0 Å². The molecule has 0 bridgehead atoms. The minimum atomic E-state index is -4.76. The van der Waals surface area contributed by atoms with Gasteiger partial charge in [-0.2, -0.15) is 13.2 Å². The van der Waals surface area contributed by atoms with Crippen molar-refractivity contribution in [1.29, 1.82) is 0 Å². The molecule has 0 fully saturated rings. The summed E-state index contributed by atoms with van der Waals surface area (Å²) < 4.78 is 67.2. The van der Waals surface area contributed by atoms with Gasteiger partial charge in [0.25, 0.3) is 6.43 Å². The van der Waals surface area contributed by atoms with Gasteiger partial charge in [0.2, 0.25) is 0 Å². The number of methoxy groups -OCH3 is 1. The molecule has 0 aromatic carbocycles. The van der Waals surface area contributed by atoms with Crippen LogP contribution in [-0.2, 0) is 12.7 Å². The van der Waals surface area contributed by atoms with E-state index in [-0.39, 0.29) is 0 Å². The van der Waals surface area contributed by atoms with E-state index < -0.39 is 41.8 Å². The van der Waals surface area contributed by atoms with Crippen molar-refractivity contribution in [2.75, 3.05) is 7.11 Å². The average molecular weight is 256 g/mol. The Balaban J connectivity index is 3.47. The number of halogens is 5. The third-order valence-corrected chi connectivity index (χ3v) is 2.00. The van der Waals surface area contributed by atoms with Crippen molar-refractivity contribution < 1.29 is 26.7 Å². The summed E-state index contributed by atoms with van der Waals surface area (Å²) in [4.78, 5) is 3.19. The molecule has 0 aliphatic carbocycles. The first kappa shape index (κ1) is 13.6. The average Bonchev–Trinajstić information content (AvgIpc) is 2.25. The molecule has 1 aromatic heterocycles. The highest BCUT2D eigenvalue weighted by molar-refractivity contribution is 5.41. The van der Waals surface area contributed by atoms with Gasteiger partial charge in [-0.15, -0.1) is 0 Å². The van der Waals surface area contributed by atoms with Crippen molar-refractivity contribution in [2.24, 2.45) is 5.73 Å². The van der Waals surface area contributed by atoms with E-state index in [1.54, 1.807) is 0 Å². The van der Waals surface area contributed by atoms with Crippen LogP contribution in [0.1, 0.15) is 23.4 Å². The van der Waals surface area contributed by atoms with E-state index >= 15 is 0 Å². The van der Waals surface area contributed by atoms with Gasteiger partial charge in [-0.05, 0) is 0 Å². The van der Waals surface area contributed by atoms with E-state index in [2.05, 4.69) is 9.72 Å². The van der Waals surface area contributed by atoms with Crippen LogP contribution in [0, 0.1) is 0 Å². The first-order chi connectivity index (χ1) is 7.81. The third-order valence-electron chi connectivity index (χ3n) is 2.00. The summed E-state index contributed by atoms with van der Waals surface area (Å²) in [6.07, 6.45) is -7.75. The highest BCUT2D eigenvalue weighted by Gasteiger charge is 2.38. The van der Waals surface area contributed by atoms with Crippen molar-refractivity contribution in [3.05, 3.63) is 23.0 Å². The van der Waals surface area contributed by atoms with E-state index in [0.717, 1.165) is 7.11 Å². The predicted molar refractivity (Wildman–Crippen MR) is 48.6 cm³/mol. The van der Waals surface area contributed by atoms with Crippen LogP contribution in [0.2, 0.25) is 0 Å². The molecule has 8 heteroatoms. The standard InChI is InChI=1S/C9H9F5N2O/c1-17-6-2-4(8(10)11)16-5(3-15)7(6)9(12,13)14/h2,8H,3,15H2,1H3. The van der Waals surface area contributed by atoms with Crippen molar-refractivity contribution in [1.82, 2.24) is 4.98 Å². The van der Waals surface area contributed by atoms with Crippen LogP contribution >= 0.6 is 0 Å². The summed E-state index contributed by atoms with van der Waals surface area (Å²) in [5.41, 5.74) is 2.41. The fraction of sp³-hybridized carbons (Fsp3) is 0.444. The fourth-order valence-corrected chi connectivity index (χ4v) is 1.32. The second-order valence-corrected chi connectivity index (χ2v) is 3.07. The Bertz CT molecular complexity index is 380. The van der Waals surface area contributed by atoms with Gasteiger partial charge in [0.05, 0.1) is 12.8 Å². The topological polar surface area (TPSA) is 48.1 Å². The number of aromatic nitrogens is 1.